The molecule has 25 heavy (non-hydrogen) atoms. The van der Waals surface area contributed by atoms with Crippen LogP contribution in [0.25, 0.3) is 11.3 Å². The van der Waals surface area contributed by atoms with E-state index in [1.54, 1.807) is 25.4 Å². The predicted octanol–water partition coefficient (Wildman–Crippen LogP) is 3.36. The minimum atomic E-state index is -0.292. The summed E-state index contributed by atoms with van der Waals surface area (Å²) in [6.45, 7) is 0.446. The number of aromatic amines is 1. The number of rotatable bonds is 5. The summed E-state index contributed by atoms with van der Waals surface area (Å²) < 4.78 is 18.3. The van der Waals surface area contributed by atoms with Crippen molar-refractivity contribution in [3.8, 4) is 17.0 Å². The second-order valence-corrected chi connectivity index (χ2v) is 5.31. The number of imidazole rings is 1. The van der Waals surface area contributed by atoms with Crippen LogP contribution in [-0.2, 0) is 6.54 Å². The summed E-state index contributed by atoms with van der Waals surface area (Å²) in [6, 6.07) is 13.7. The molecule has 3 aromatic rings. The van der Waals surface area contributed by atoms with Crippen molar-refractivity contribution in [1.29, 1.82) is 5.41 Å². The number of para-hydroxylation sites is 1. The first-order chi connectivity index (χ1) is 12.2. The van der Waals surface area contributed by atoms with E-state index in [0.717, 1.165) is 16.9 Å². The molecule has 0 saturated carbocycles. The van der Waals surface area contributed by atoms with Crippen molar-refractivity contribution >= 4 is 11.9 Å². The lowest BCUT2D eigenvalue weighted by Gasteiger charge is -2.11. The van der Waals surface area contributed by atoms with Crippen molar-refractivity contribution in [3.05, 3.63) is 66.1 Å². The Morgan fingerprint density at radius 1 is 1.20 bits per heavy atom. The maximum atomic E-state index is 13.0. The Hall–Kier alpha value is -3.35. The van der Waals surface area contributed by atoms with Crippen molar-refractivity contribution in [1.82, 2.24) is 15.3 Å². The fraction of sp³-hybridized carbons (Fsp3) is 0.111. The molecule has 6 nitrogen and oxygen atoms in total. The highest BCUT2D eigenvalue weighted by Crippen LogP contribution is 2.19. The van der Waals surface area contributed by atoms with Crippen LogP contribution in [0.3, 0.4) is 0 Å². The first-order valence-electron chi connectivity index (χ1n) is 7.68. The van der Waals surface area contributed by atoms with E-state index in [9.17, 15) is 4.39 Å². The van der Waals surface area contributed by atoms with Crippen molar-refractivity contribution in [2.24, 2.45) is 0 Å². The lowest BCUT2D eigenvalue weighted by Crippen LogP contribution is -2.29. The van der Waals surface area contributed by atoms with Crippen LogP contribution in [0.15, 0.2) is 54.7 Å². The van der Waals surface area contributed by atoms with Gasteiger partial charge >= 0.3 is 0 Å². The highest BCUT2D eigenvalue weighted by molar-refractivity contribution is 5.89. The van der Waals surface area contributed by atoms with E-state index in [-0.39, 0.29) is 11.8 Å². The van der Waals surface area contributed by atoms with Gasteiger partial charge in [-0.3, -0.25) is 10.7 Å². The molecular formula is C18H18FN5O. The molecule has 128 valence electrons. The number of hydrogen-bond donors (Lipinski definition) is 4. The van der Waals surface area contributed by atoms with E-state index in [1.807, 2.05) is 24.3 Å². The summed E-state index contributed by atoms with van der Waals surface area (Å²) in [5.41, 5.74) is 2.40. The minimum Gasteiger partial charge on any atom is -0.496 e. The monoisotopic (exact) mass is 339 g/mol. The van der Waals surface area contributed by atoms with Crippen molar-refractivity contribution in [2.75, 3.05) is 12.4 Å². The van der Waals surface area contributed by atoms with Gasteiger partial charge < -0.3 is 15.0 Å². The molecule has 0 amide bonds. The molecule has 2 aromatic carbocycles. The van der Waals surface area contributed by atoms with Crippen molar-refractivity contribution in [3.63, 3.8) is 0 Å². The van der Waals surface area contributed by atoms with E-state index in [4.69, 9.17) is 10.1 Å². The number of methoxy groups -OCH3 is 1. The minimum absolute atomic E-state index is 0.103. The average Bonchev–Trinajstić information content (AvgIpc) is 3.09. The summed E-state index contributed by atoms with van der Waals surface area (Å²) >= 11 is 0. The van der Waals surface area contributed by atoms with Crippen LogP contribution in [0.5, 0.6) is 5.75 Å². The summed E-state index contributed by atoms with van der Waals surface area (Å²) in [5, 5.41) is 13.8. The summed E-state index contributed by atoms with van der Waals surface area (Å²) in [4.78, 5) is 7.29. The number of nitrogens with one attached hydrogen (secondary N) is 4. The first kappa shape index (κ1) is 16.5. The van der Waals surface area contributed by atoms with E-state index in [2.05, 4.69) is 20.6 Å². The number of H-pyrrole nitrogens is 1. The molecule has 0 unspecified atom stereocenters. The van der Waals surface area contributed by atoms with Gasteiger partial charge in [-0.05, 0) is 30.3 Å². The Morgan fingerprint density at radius 3 is 2.72 bits per heavy atom. The zero-order chi connectivity index (χ0) is 17.6. The van der Waals surface area contributed by atoms with E-state index >= 15 is 0 Å². The summed E-state index contributed by atoms with van der Waals surface area (Å²) in [5.74, 6) is 1.00. The Morgan fingerprint density at radius 2 is 1.96 bits per heavy atom. The molecule has 1 aromatic heterocycles. The third kappa shape index (κ3) is 4.14. The highest BCUT2D eigenvalue weighted by Gasteiger charge is 2.07. The number of nitrogens with zero attached hydrogens (tertiary/aromatic N) is 1. The van der Waals surface area contributed by atoms with Gasteiger partial charge in [-0.15, -0.1) is 0 Å². The molecule has 0 atom stereocenters. The number of hydrogen-bond acceptors (Lipinski definition) is 3. The fourth-order valence-corrected chi connectivity index (χ4v) is 2.35. The van der Waals surface area contributed by atoms with Gasteiger partial charge in [0.1, 0.15) is 11.6 Å². The van der Waals surface area contributed by atoms with Gasteiger partial charge in [-0.1, -0.05) is 18.2 Å². The molecule has 4 N–H and O–H groups in total. The van der Waals surface area contributed by atoms with Crippen LogP contribution < -0.4 is 15.4 Å². The van der Waals surface area contributed by atoms with Crippen LogP contribution in [0.4, 0.5) is 10.3 Å². The number of halogens is 1. The Balaban J connectivity index is 1.59. The van der Waals surface area contributed by atoms with Crippen molar-refractivity contribution < 1.29 is 9.13 Å². The third-order valence-corrected chi connectivity index (χ3v) is 3.61. The second kappa shape index (κ2) is 7.48. The van der Waals surface area contributed by atoms with Crippen LogP contribution in [0.1, 0.15) is 5.56 Å². The maximum absolute atomic E-state index is 13.0. The van der Waals surface area contributed by atoms with Gasteiger partial charge in [0.2, 0.25) is 5.95 Å². The van der Waals surface area contributed by atoms with E-state index in [0.29, 0.717) is 18.2 Å². The number of anilines is 1. The highest BCUT2D eigenvalue weighted by atomic mass is 19.1. The van der Waals surface area contributed by atoms with Crippen LogP contribution in [0, 0.1) is 11.2 Å². The normalized spacial score (nSPS) is 10.3. The lowest BCUT2D eigenvalue weighted by atomic mass is 10.2. The Bertz CT molecular complexity index is 860. The number of ether oxygens (including phenoxy) is 1. The van der Waals surface area contributed by atoms with E-state index in [1.165, 1.54) is 12.1 Å². The average molecular weight is 339 g/mol. The molecule has 0 fully saturated rings. The van der Waals surface area contributed by atoms with Crippen LogP contribution in [-0.4, -0.2) is 23.0 Å². The number of aromatic nitrogens is 2. The SMILES string of the molecule is COc1ccccc1CNC(=N)Nc1nc(-c2ccc(F)cc2)c[nH]1. The number of benzene rings is 2. The summed E-state index contributed by atoms with van der Waals surface area (Å²) in [6.07, 6.45) is 1.70. The van der Waals surface area contributed by atoms with Gasteiger partial charge in [-0.25, -0.2) is 9.37 Å². The lowest BCUT2D eigenvalue weighted by molar-refractivity contribution is 0.409. The largest absolute Gasteiger partial charge is 0.496 e. The predicted molar refractivity (Wildman–Crippen MR) is 95.2 cm³/mol. The fourth-order valence-electron chi connectivity index (χ4n) is 2.35. The zero-order valence-electron chi connectivity index (χ0n) is 13.6. The molecule has 7 heteroatoms. The van der Waals surface area contributed by atoms with E-state index < -0.39 is 0 Å². The van der Waals surface area contributed by atoms with Crippen LogP contribution >= 0.6 is 0 Å². The zero-order valence-corrected chi connectivity index (χ0v) is 13.6. The van der Waals surface area contributed by atoms with Crippen LogP contribution in [0.2, 0.25) is 0 Å². The van der Waals surface area contributed by atoms with Gasteiger partial charge in [0.15, 0.2) is 5.96 Å². The Labute approximate surface area is 144 Å². The molecule has 0 aliphatic heterocycles. The van der Waals surface area contributed by atoms with Gasteiger partial charge in [0.05, 0.1) is 12.8 Å². The first-order valence-corrected chi connectivity index (χ1v) is 7.68. The smallest absolute Gasteiger partial charge is 0.207 e. The maximum Gasteiger partial charge on any atom is 0.207 e. The molecule has 3 rings (SSSR count). The quantitative estimate of drug-likeness (QED) is 0.424. The van der Waals surface area contributed by atoms with Gasteiger partial charge in [-0.2, -0.15) is 0 Å². The molecule has 0 spiro atoms. The van der Waals surface area contributed by atoms with Gasteiger partial charge in [0, 0.05) is 23.9 Å². The number of guanidine groups is 1. The topological polar surface area (TPSA) is 85.8 Å². The van der Waals surface area contributed by atoms with Crippen molar-refractivity contribution in [2.45, 2.75) is 6.54 Å². The molecule has 0 aliphatic carbocycles. The summed E-state index contributed by atoms with van der Waals surface area (Å²) in [7, 11) is 1.61. The molecular weight excluding hydrogens is 321 g/mol. The Kier molecular flexibility index (Phi) is 4.94. The standard InChI is InChI=1S/C18H18FN5O/c1-25-16-5-3-2-4-13(16)10-21-17(20)24-18-22-11-15(23-18)12-6-8-14(19)9-7-12/h2-9,11H,10H2,1H3,(H4,20,21,22,23,24). The molecule has 0 aliphatic rings. The third-order valence-electron chi connectivity index (χ3n) is 3.61. The second-order valence-electron chi connectivity index (χ2n) is 5.31. The van der Waals surface area contributed by atoms with Gasteiger partial charge in [0.25, 0.3) is 0 Å². The molecule has 0 saturated heterocycles. The molecule has 1 heterocycles. The molecule has 0 bridgehead atoms. The molecule has 0 radical (unpaired) electrons.